The van der Waals surface area contributed by atoms with Crippen molar-refractivity contribution in [3.05, 3.63) is 17.7 Å². The van der Waals surface area contributed by atoms with E-state index in [1.165, 1.54) is 0 Å². The SMILES string of the molecule is CSCCNc1nc(N)c(F)cc1F. The first-order valence-electron chi connectivity index (χ1n) is 3.99. The molecule has 0 aromatic carbocycles. The fourth-order valence-electron chi connectivity index (χ4n) is 0.876. The average molecular weight is 219 g/mol. The summed E-state index contributed by atoms with van der Waals surface area (Å²) in [5.41, 5.74) is 5.20. The second kappa shape index (κ2) is 4.99. The molecule has 1 aromatic rings. The number of hydrogen-bond donors (Lipinski definition) is 2. The number of pyridine rings is 1. The Morgan fingerprint density at radius 3 is 2.86 bits per heavy atom. The fourth-order valence-corrected chi connectivity index (χ4v) is 1.18. The molecule has 0 spiro atoms. The van der Waals surface area contributed by atoms with Crippen LogP contribution in [0.1, 0.15) is 0 Å². The molecular formula is C8H11F2N3S. The number of nitrogens with two attached hydrogens (primary N) is 1. The van der Waals surface area contributed by atoms with E-state index in [0.717, 1.165) is 11.8 Å². The van der Waals surface area contributed by atoms with Gasteiger partial charge in [0.2, 0.25) is 0 Å². The summed E-state index contributed by atoms with van der Waals surface area (Å²) in [6, 6.07) is 0.726. The van der Waals surface area contributed by atoms with Gasteiger partial charge in [0.1, 0.15) is 0 Å². The van der Waals surface area contributed by atoms with Crippen LogP contribution in [0.3, 0.4) is 0 Å². The molecular weight excluding hydrogens is 208 g/mol. The topological polar surface area (TPSA) is 50.9 Å². The predicted octanol–water partition coefficient (Wildman–Crippen LogP) is 1.72. The zero-order chi connectivity index (χ0) is 10.6. The molecule has 1 heterocycles. The van der Waals surface area contributed by atoms with Gasteiger partial charge in [-0.3, -0.25) is 0 Å². The molecule has 1 aromatic heterocycles. The van der Waals surface area contributed by atoms with Gasteiger partial charge in [-0.1, -0.05) is 0 Å². The number of rotatable bonds is 4. The van der Waals surface area contributed by atoms with Crippen LogP contribution in [0.2, 0.25) is 0 Å². The maximum Gasteiger partial charge on any atom is 0.168 e. The maximum absolute atomic E-state index is 13.0. The Kier molecular flexibility index (Phi) is 3.94. The van der Waals surface area contributed by atoms with E-state index in [1.807, 2.05) is 6.26 Å². The van der Waals surface area contributed by atoms with Crippen molar-refractivity contribution in [1.82, 2.24) is 4.98 Å². The molecule has 6 heteroatoms. The number of nitrogens with zero attached hydrogens (tertiary/aromatic N) is 1. The molecule has 0 saturated heterocycles. The lowest BCUT2D eigenvalue weighted by Crippen LogP contribution is -2.09. The van der Waals surface area contributed by atoms with Gasteiger partial charge >= 0.3 is 0 Å². The molecule has 0 radical (unpaired) electrons. The summed E-state index contributed by atoms with van der Waals surface area (Å²) >= 11 is 1.62. The molecule has 0 amide bonds. The van der Waals surface area contributed by atoms with Crippen LogP contribution in [0.25, 0.3) is 0 Å². The first-order valence-corrected chi connectivity index (χ1v) is 5.39. The Labute approximate surface area is 85.1 Å². The van der Waals surface area contributed by atoms with Gasteiger partial charge in [0.25, 0.3) is 0 Å². The van der Waals surface area contributed by atoms with E-state index < -0.39 is 11.6 Å². The van der Waals surface area contributed by atoms with Crippen LogP contribution in [0, 0.1) is 11.6 Å². The summed E-state index contributed by atoms with van der Waals surface area (Å²) in [6.45, 7) is 0.566. The smallest absolute Gasteiger partial charge is 0.168 e. The molecule has 14 heavy (non-hydrogen) atoms. The van der Waals surface area contributed by atoms with Crippen molar-refractivity contribution in [2.24, 2.45) is 0 Å². The van der Waals surface area contributed by atoms with Crippen molar-refractivity contribution < 1.29 is 8.78 Å². The molecule has 0 atom stereocenters. The summed E-state index contributed by atoms with van der Waals surface area (Å²) in [6.07, 6.45) is 1.94. The van der Waals surface area contributed by atoms with E-state index in [9.17, 15) is 8.78 Å². The Balaban J connectivity index is 2.72. The van der Waals surface area contributed by atoms with Crippen LogP contribution >= 0.6 is 11.8 Å². The van der Waals surface area contributed by atoms with Crippen LogP contribution in [0.4, 0.5) is 20.4 Å². The summed E-state index contributed by atoms with van der Waals surface area (Å²) in [5, 5.41) is 2.73. The number of nitrogens with one attached hydrogen (secondary N) is 1. The van der Waals surface area contributed by atoms with E-state index >= 15 is 0 Å². The highest BCUT2D eigenvalue weighted by molar-refractivity contribution is 7.98. The number of thioether (sulfide) groups is 1. The number of aromatic nitrogens is 1. The Morgan fingerprint density at radius 1 is 1.50 bits per heavy atom. The normalized spacial score (nSPS) is 10.2. The quantitative estimate of drug-likeness (QED) is 0.757. The van der Waals surface area contributed by atoms with E-state index in [2.05, 4.69) is 10.3 Å². The van der Waals surface area contributed by atoms with Gasteiger partial charge < -0.3 is 11.1 Å². The molecule has 0 unspecified atom stereocenters. The summed E-state index contributed by atoms with van der Waals surface area (Å²) in [4.78, 5) is 3.55. The third-order valence-electron chi connectivity index (χ3n) is 1.56. The maximum atomic E-state index is 13.0. The Bertz CT molecular complexity index is 320. The molecule has 1 rings (SSSR count). The summed E-state index contributed by atoms with van der Waals surface area (Å²) in [5.74, 6) is -1.04. The highest BCUT2D eigenvalue weighted by Crippen LogP contribution is 2.16. The molecule has 3 N–H and O–H groups in total. The third kappa shape index (κ3) is 2.73. The Morgan fingerprint density at radius 2 is 2.21 bits per heavy atom. The zero-order valence-corrected chi connectivity index (χ0v) is 8.50. The van der Waals surface area contributed by atoms with Crippen LogP contribution in [-0.4, -0.2) is 23.5 Å². The minimum atomic E-state index is -0.835. The van der Waals surface area contributed by atoms with E-state index in [4.69, 9.17) is 5.73 Å². The van der Waals surface area contributed by atoms with Crippen LogP contribution in [-0.2, 0) is 0 Å². The van der Waals surface area contributed by atoms with Gasteiger partial charge in [0, 0.05) is 18.4 Å². The van der Waals surface area contributed by atoms with Crippen molar-refractivity contribution in [3.63, 3.8) is 0 Å². The van der Waals surface area contributed by atoms with Gasteiger partial charge in [-0.25, -0.2) is 13.8 Å². The van der Waals surface area contributed by atoms with E-state index in [1.54, 1.807) is 11.8 Å². The number of anilines is 2. The monoisotopic (exact) mass is 219 g/mol. The lowest BCUT2D eigenvalue weighted by molar-refractivity contribution is 0.580. The predicted molar refractivity (Wildman–Crippen MR) is 55.4 cm³/mol. The molecule has 3 nitrogen and oxygen atoms in total. The minimum absolute atomic E-state index is 0.00190. The molecule has 0 fully saturated rings. The summed E-state index contributed by atoms with van der Waals surface area (Å²) < 4.78 is 25.7. The number of hydrogen-bond acceptors (Lipinski definition) is 4. The van der Waals surface area contributed by atoms with E-state index in [0.29, 0.717) is 6.54 Å². The van der Waals surface area contributed by atoms with Crippen molar-refractivity contribution in [2.45, 2.75) is 0 Å². The lowest BCUT2D eigenvalue weighted by atomic mass is 10.4. The van der Waals surface area contributed by atoms with Gasteiger partial charge in [0.05, 0.1) is 0 Å². The van der Waals surface area contributed by atoms with Crippen molar-refractivity contribution >= 4 is 23.4 Å². The van der Waals surface area contributed by atoms with Gasteiger partial charge in [-0.15, -0.1) is 0 Å². The first-order chi connectivity index (χ1) is 6.65. The van der Waals surface area contributed by atoms with Gasteiger partial charge in [-0.05, 0) is 6.26 Å². The lowest BCUT2D eigenvalue weighted by Gasteiger charge is -2.06. The van der Waals surface area contributed by atoms with Gasteiger partial charge in [0.15, 0.2) is 23.3 Å². The van der Waals surface area contributed by atoms with Crippen molar-refractivity contribution in [2.75, 3.05) is 29.6 Å². The summed E-state index contributed by atoms with van der Waals surface area (Å²) in [7, 11) is 0. The second-order valence-corrected chi connectivity index (χ2v) is 3.59. The number of nitrogen functional groups attached to an aromatic ring is 1. The van der Waals surface area contributed by atoms with Gasteiger partial charge in [-0.2, -0.15) is 11.8 Å². The fraction of sp³-hybridized carbons (Fsp3) is 0.375. The molecule has 0 bridgehead atoms. The van der Waals surface area contributed by atoms with Crippen molar-refractivity contribution in [3.8, 4) is 0 Å². The molecule has 0 aliphatic carbocycles. The Hall–Kier alpha value is -1.04. The average Bonchev–Trinajstić information content (AvgIpc) is 2.14. The zero-order valence-electron chi connectivity index (χ0n) is 7.68. The second-order valence-electron chi connectivity index (χ2n) is 2.61. The van der Waals surface area contributed by atoms with E-state index in [-0.39, 0.29) is 11.6 Å². The third-order valence-corrected chi connectivity index (χ3v) is 2.17. The molecule has 0 aliphatic rings. The molecule has 0 aliphatic heterocycles. The van der Waals surface area contributed by atoms with Crippen molar-refractivity contribution in [1.29, 1.82) is 0 Å². The largest absolute Gasteiger partial charge is 0.381 e. The standard InChI is InChI=1S/C8H11F2N3S/c1-14-3-2-12-8-6(10)4-5(9)7(11)13-8/h4H,2-3H2,1H3,(H3,11,12,13). The highest BCUT2D eigenvalue weighted by atomic mass is 32.2. The van der Waals surface area contributed by atoms with Crippen LogP contribution in [0.5, 0.6) is 0 Å². The molecule has 78 valence electrons. The minimum Gasteiger partial charge on any atom is -0.381 e. The van der Waals surface area contributed by atoms with Crippen LogP contribution < -0.4 is 11.1 Å². The number of halogens is 2. The first kappa shape index (κ1) is 11.0. The molecule has 0 saturated carbocycles. The van der Waals surface area contributed by atoms with Crippen LogP contribution in [0.15, 0.2) is 6.07 Å². The highest BCUT2D eigenvalue weighted by Gasteiger charge is 2.08.